The van der Waals surface area contributed by atoms with Gasteiger partial charge in [-0.2, -0.15) is 0 Å². The summed E-state index contributed by atoms with van der Waals surface area (Å²) in [5.41, 5.74) is 2.27. The Kier molecular flexibility index (Phi) is 6.83. The first kappa shape index (κ1) is 23.0. The van der Waals surface area contributed by atoms with Gasteiger partial charge >= 0.3 is 0 Å². The maximum Gasteiger partial charge on any atom is 0.236 e. The van der Waals surface area contributed by atoms with Gasteiger partial charge in [0.1, 0.15) is 11.5 Å². The second kappa shape index (κ2) is 9.79. The number of anilines is 1. The fourth-order valence-corrected chi connectivity index (χ4v) is 5.24. The highest BCUT2D eigenvalue weighted by molar-refractivity contribution is 7.91. The van der Waals surface area contributed by atoms with Gasteiger partial charge in [-0.1, -0.05) is 55.8 Å². The number of hydrogen-bond acceptors (Lipinski definition) is 5. The molecule has 1 saturated carbocycles. The summed E-state index contributed by atoms with van der Waals surface area (Å²) in [6, 6.07) is 16.0. The number of amides is 1. The molecule has 1 amide bonds. The number of benzene rings is 2. The summed E-state index contributed by atoms with van der Waals surface area (Å²) in [6.45, 7) is 4.20. The predicted molar refractivity (Wildman–Crippen MR) is 128 cm³/mol. The van der Waals surface area contributed by atoms with Crippen LogP contribution in [-0.2, 0) is 27.1 Å². The second-order valence-electron chi connectivity index (χ2n) is 8.52. The van der Waals surface area contributed by atoms with Gasteiger partial charge < -0.3 is 9.73 Å². The molecule has 8 heteroatoms. The van der Waals surface area contributed by atoms with E-state index in [2.05, 4.69) is 21.9 Å². The van der Waals surface area contributed by atoms with E-state index in [0.29, 0.717) is 40.1 Å². The van der Waals surface area contributed by atoms with Crippen molar-refractivity contribution in [3.8, 4) is 11.5 Å². The van der Waals surface area contributed by atoms with Gasteiger partial charge in [-0.3, -0.25) is 9.52 Å². The summed E-state index contributed by atoms with van der Waals surface area (Å²) in [5.74, 6) is 1.44. The number of sulfonamides is 1. The normalized spacial score (nSPS) is 17.5. The number of rotatable bonds is 10. The molecule has 0 saturated heterocycles. The van der Waals surface area contributed by atoms with Gasteiger partial charge in [-0.05, 0) is 43.4 Å². The molecule has 0 unspecified atom stereocenters. The molecule has 174 valence electrons. The molecule has 0 spiro atoms. The Labute approximate surface area is 194 Å². The highest BCUT2D eigenvalue weighted by Gasteiger charge is 2.41. The van der Waals surface area contributed by atoms with Gasteiger partial charge in [0, 0.05) is 5.92 Å². The Hall–Kier alpha value is -3.13. The first-order chi connectivity index (χ1) is 15.9. The van der Waals surface area contributed by atoms with Crippen LogP contribution in [-0.4, -0.2) is 19.3 Å². The molecule has 0 bridgehead atoms. The number of hydrogen-bond donors (Lipinski definition) is 2. The topological polar surface area (TPSA) is 101 Å². The van der Waals surface area contributed by atoms with E-state index < -0.39 is 10.0 Å². The Bertz CT molecular complexity index is 1220. The van der Waals surface area contributed by atoms with Crippen LogP contribution in [0, 0.1) is 18.8 Å². The summed E-state index contributed by atoms with van der Waals surface area (Å²) < 4.78 is 34.0. The molecule has 1 aromatic heterocycles. The molecular formula is C25H29N3O4S. The maximum atomic E-state index is 12.7. The molecule has 7 nitrogen and oxygen atoms in total. The largest absolute Gasteiger partial charge is 0.441 e. The fraction of sp³-hybridized carbons (Fsp3) is 0.360. The van der Waals surface area contributed by atoms with Gasteiger partial charge in [0.2, 0.25) is 21.8 Å². The molecule has 3 aromatic rings. The molecule has 33 heavy (non-hydrogen) atoms. The van der Waals surface area contributed by atoms with Crippen molar-refractivity contribution >= 4 is 21.6 Å². The van der Waals surface area contributed by atoms with Crippen molar-refractivity contribution in [2.45, 2.75) is 45.4 Å². The zero-order chi connectivity index (χ0) is 23.4. The average molecular weight is 468 g/mol. The predicted octanol–water partition coefficient (Wildman–Crippen LogP) is 4.64. The number of nitrogens with zero attached hydrogens (tertiary/aromatic N) is 1. The zero-order valence-corrected chi connectivity index (χ0v) is 19.7. The molecule has 0 aliphatic heterocycles. The molecule has 0 radical (unpaired) electrons. The highest BCUT2D eigenvalue weighted by atomic mass is 32.2. The van der Waals surface area contributed by atoms with Crippen LogP contribution in [0.2, 0.25) is 0 Å². The SMILES string of the molecule is CCC[C@H]1C[C@H]1C(=O)NCc1nc(-c2ccccc2NS(=O)(=O)Cc2ccccc2)oc1C. The second-order valence-corrected chi connectivity index (χ2v) is 10.2. The molecule has 2 atom stereocenters. The van der Waals surface area contributed by atoms with E-state index in [1.54, 1.807) is 43.3 Å². The Balaban J connectivity index is 1.46. The standard InChI is InChI=1S/C25H29N3O4S/c1-3-9-19-14-21(19)24(29)26-15-23-17(2)32-25(27-23)20-12-7-8-13-22(20)28-33(30,31)16-18-10-5-4-6-11-18/h4-8,10-13,19,21,28H,3,9,14-16H2,1-2H3,(H,26,29)/t19-,21+/m0/s1. The minimum Gasteiger partial charge on any atom is -0.441 e. The molecule has 2 aromatic carbocycles. The van der Waals surface area contributed by atoms with E-state index in [9.17, 15) is 13.2 Å². The summed E-state index contributed by atoms with van der Waals surface area (Å²) in [6.07, 6.45) is 3.14. The van der Waals surface area contributed by atoms with Crippen molar-refractivity contribution in [1.29, 1.82) is 0 Å². The lowest BCUT2D eigenvalue weighted by atomic mass is 10.2. The summed E-state index contributed by atoms with van der Waals surface area (Å²) in [7, 11) is -3.63. The van der Waals surface area contributed by atoms with Crippen LogP contribution in [0.3, 0.4) is 0 Å². The smallest absolute Gasteiger partial charge is 0.236 e. The number of aryl methyl sites for hydroxylation is 1. The van der Waals surface area contributed by atoms with Crippen LogP contribution < -0.4 is 10.0 Å². The van der Waals surface area contributed by atoms with Crippen molar-refractivity contribution in [2.24, 2.45) is 11.8 Å². The maximum absolute atomic E-state index is 12.7. The average Bonchev–Trinajstić information content (AvgIpc) is 3.46. The third kappa shape index (κ3) is 5.82. The molecule has 1 fully saturated rings. The van der Waals surface area contributed by atoms with Crippen molar-refractivity contribution in [2.75, 3.05) is 4.72 Å². The Morgan fingerprint density at radius 3 is 2.61 bits per heavy atom. The molecule has 2 N–H and O–H groups in total. The zero-order valence-electron chi connectivity index (χ0n) is 18.9. The summed E-state index contributed by atoms with van der Waals surface area (Å²) in [4.78, 5) is 16.9. The van der Waals surface area contributed by atoms with Gasteiger partial charge in [-0.25, -0.2) is 13.4 Å². The lowest BCUT2D eigenvalue weighted by Crippen LogP contribution is -2.25. The van der Waals surface area contributed by atoms with E-state index in [4.69, 9.17) is 4.42 Å². The first-order valence-electron chi connectivity index (χ1n) is 11.2. The summed E-state index contributed by atoms with van der Waals surface area (Å²) in [5, 5.41) is 2.96. The molecular weight excluding hydrogens is 438 g/mol. The monoisotopic (exact) mass is 467 g/mol. The highest BCUT2D eigenvalue weighted by Crippen LogP contribution is 2.42. The van der Waals surface area contributed by atoms with Gasteiger partial charge in [0.25, 0.3) is 0 Å². The minimum absolute atomic E-state index is 0.0615. The van der Waals surface area contributed by atoms with Gasteiger partial charge in [0.05, 0.1) is 23.5 Å². The van der Waals surface area contributed by atoms with E-state index in [1.165, 1.54) is 0 Å². The molecule has 1 aliphatic rings. The van der Waals surface area contributed by atoms with Crippen molar-refractivity contribution in [3.05, 3.63) is 71.6 Å². The first-order valence-corrected chi connectivity index (χ1v) is 12.9. The Morgan fingerprint density at radius 1 is 1.12 bits per heavy atom. The third-order valence-electron chi connectivity index (χ3n) is 5.86. The summed E-state index contributed by atoms with van der Waals surface area (Å²) >= 11 is 0. The fourth-order valence-electron chi connectivity index (χ4n) is 4.02. The number of oxazole rings is 1. The van der Waals surface area contributed by atoms with Crippen molar-refractivity contribution < 1.29 is 17.6 Å². The number of aromatic nitrogens is 1. The van der Waals surface area contributed by atoms with Crippen molar-refractivity contribution in [1.82, 2.24) is 10.3 Å². The minimum atomic E-state index is -3.63. The quantitative estimate of drug-likeness (QED) is 0.452. The van der Waals surface area contributed by atoms with Crippen LogP contribution in [0.15, 0.2) is 59.0 Å². The van der Waals surface area contributed by atoms with Crippen LogP contribution in [0.5, 0.6) is 0 Å². The number of para-hydroxylation sites is 1. The lowest BCUT2D eigenvalue weighted by Gasteiger charge is -2.11. The third-order valence-corrected chi connectivity index (χ3v) is 7.11. The molecule has 1 aliphatic carbocycles. The number of carbonyl (C=O) groups excluding carboxylic acids is 1. The van der Waals surface area contributed by atoms with E-state index in [0.717, 1.165) is 19.3 Å². The van der Waals surface area contributed by atoms with Crippen LogP contribution in [0.4, 0.5) is 5.69 Å². The number of carbonyl (C=O) groups is 1. The molecule has 4 rings (SSSR count). The van der Waals surface area contributed by atoms with E-state index in [-0.39, 0.29) is 24.1 Å². The van der Waals surface area contributed by atoms with E-state index >= 15 is 0 Å². The van der Waals surface area contributed by atoms with E-state index in [1.807, 2.05) is 18.2 Å². The van der Waals surface area contributed by atoms with Crippen LogP contribution in [0.25, 0.3) is 11.5 Å². The Morgan fingerprint density at radius 2 is 1.85 bits per heavy atom. The van der Waals surface area contributed by atoms with Crippen molar-refractivity contribution in [3.63, 3.8) is 0 Å². The van der Waals surface area contributed by atoms with Crippen LogP contribution >= 0.6 is 0 Å². The molecule has 1 heterocycles. The van der Waals surface area contributed by atoms with Crippen LogP contribution in [0.1, 0.15) is 43.2 Å². The lowest BCUT2D eigenvalue weighted by molar-refractivity contribution is -0.122. The van der Waals surface area contributed by atoms with Gasteiger partial charge in [0.15, 0.2) is 0 Å². The number of nitrogens with one attached hydrogen (secondary N) is 2. The van der Waals surface area contributed by atoms with Gasteiger partial charge in [-0.15, -0.1) is 0 Å².